The number of hydrogen-bond donors (Lipinski definition) is 0. The Hall–Kier alpha value is -2.24. The third kappa shape index (κ3) is 4.06. The van der Waals surface area contributed by atoms with Crippen LogP contribution in [0.1, 0.15) is 16.8 Å². The molecule has 1 fully saturated rings. The number of carbonyl (C=O) groups is 1. The number of hydrogen-bond acceptors (Lipinski definition) is 3. The molecule has 0 saturated carbocycles. The number of rotatable bonds is 5. The second kappa shape index (κ2) is 8.23. The zero-order valence-corrected chi connectivity index (χ0v) is 14.3. The summed E-state index contributed by atoms with van der Waals surface area (Å²) >= 11 is 0. The molecule has 1 aliphatic heterocycles. The summed E-state index contributed by atoms with van der Waals surface area (Å²) in [5.74, 6) is -0.424. The first kappa shape index (κ1) is 17.6. The number of methoxy groups -OCH3 is 1. The zero-order valence-electron chi connectivity index (χ0n) is 14.3. The van der Waals surface area contributed by atoms with Gasteiger partial charge < -0.3 is 14.4 Å². The van der Waals surface area contributed by atoms with Gasteiger partial charge in [0.25, 0.3) is 5.91 Å². The van der Waals surface area contributed by atoms with Gasteiger partial charge in [0.05, 0.1) is 12.7 Å². The molecule has 0 radical (unpaired) electrons. The van der Waals surface area contributed by atoms with Gasteiger partial charge in [0, 0.05) is 37.9 Å². The van der Waals surface area contributed by atoms with Crippen molar-refractivity contribution in [2.24, 2.45) is 0 Å². The molecule has 132 valence electrons. The highest BCUT2D eigenvalue weighted by molar-refractivity contribution is 6.01. The SMILES string of the molecule is COCCC1CN(C(=O)c2ccccc2-c2ccccc2F)CCO1. The number of halogens is 1. The lowest BCUT2D eigenvalue weighted by Crippen LogP contribution is -2.46. The summed E-state index contributed by atoms with van der Waals surface area (Å²) in [6.07, 6.45) is 0.716. The van der Waals surface area contributed by atoms with Crippen LogP contribution in [0.25, 0.3) is 11.1 Å². The van der Waals surface area contributed by atoms with Crippen molar-refractivity contribution in [1.29, 1.82) is 0 Å². The van der Waals surface area contributed by atoms with Crippen molar-refractivity contribution < 1.29 is 18.7 Å². The van der Waals surface area contributed by atoms with Crippen LogP contribution in [0.2, 0.25) is 0 Å². The lowest BCUT2D eigenvalue weighted by molar-refractivity contribution is -0.0332. The maximum atomic E-state index is 14.2. The molecule has 5 heteroatoms. The number of ether oxygens (including phenoxy) is 2. The van der Waals surface area contributed by atoms with E-state index < -0.39 is 0 Å². The van der Waals surface area contributed by atoms with E-state index >= 15 is 0 Å². The maximum Gasteiger partial charge on any atom is 0.254 e. The highest BCUT2D eigenvalue weighted by Gasteiger charge is 2.26. The Labute approximate surface area is 147 Å². The lowest BCUT2D eigenvalue weighted by atomic mass is 9.98. The zero-order chi connectivity index (χ0) is 17.6. The average molecular weight is 343 g/mol. The van der Waals surface area contributed by atoms with Crippen LogP contribution in [-0.2, 0) is 9.47 Å². The molecule has 3 rings (SSSR count). The normalized spacial score (nSPS) is 17.5. The first-order valence-corrected chi connectivity index (χ1v) is 8.44. The van der Waals surface area contributed by atoms with E-state index in [0.717, 1.165) is 6.42 Å². The van der Waals surface area contributed by atoms with Gasteiger partial charge in [0.15, 0.2) is 0 Å². The molecule has 1 heterocycles. The molecular formula is C20H22FNO3. The minimum atomic E-state index is -0.331. The van der Waals surface area contributed by atoms with Gasteiger partial charge in [-0.2, -0.15) is 0 Å². The lowest BCUT2D eigenvalue weighted by Gasteiger charge is -2.33. The average Bonchev–Trinajstić information content (AvgIpc) is 2.66. The highest BCUT2D eigenvalue weighted by Crippen LogP contribution is 2.27. The second-order valence-electron chi connectivity index (χ2n) is 6.05. The maximum absolute atomic E-state index is 14.2. The first-order valence-electron chi connectivity index (χ1n) is 8.44. The van der Waals surface area contributed by atoms with E-state index in [-0.39, 0.29) is 17.8 Å². The molecule has 0 spiro atoms. The molecular weight excluding hydrogens is 321 g/mol. The molecule has 1 atom stereocenters. The third-order valence-electron chi connectivity index (χ3n) is 4.39. The number of benzene rings is 2. The molecule has 1 aliphatic rings. The summed E-state index contributed by atoms with van der Waals surface area (Å²) in [6.45, 7) is 2.15. The van der Waals surface area contributed by atoms with Crippen LogP contribution in [0.3, 0.4) is 0 Å². The van der Waals surface area contributed by atoms with E-state index in [4.69, 9.17) is 9.47 Å². The van der Waals surface area contributed by atoms with Crippen LogP contribution in [-0.4, -0.2) is 50.3 Å². The van der Waals surface area contributed by atoms with Crippen LogP contribution in [0.15, 0.2) is 48.5 Å². The van der Waals surface area contributed by atoms with Gasteiger partial charge in [0.1, 0.15) is 5.82 Å². The van der Waals surface area contributed by atoms with Crippen LogP contribution >= 0.6 is 0 Å². The fourth-order valence-corrected chi connectivity index (χ4v) is 3.08. The van der Waals surface area contributed by atoms with Gasteiger partial charge >= 0.3 is 0 Å². The fourth-order valence-electron chi connectivity index (χ4n) is 3.08. The molecule has 0 bridgehead atoms. The smallest absolute Gasteiger partial charge is 0.254 e. The topological polar surface area (TPSA) is 38.8 Å². The minimum absolute atomic E-state index is 0.0294. The quantitative estimate of drug-likeness (QED) is 0.835. The highest BCUT2D eigenvalue weighted by atomic mass is 19.1. The first-order chi connectivity index (χ1) is 12.2. The Morgan fingerprint density at radius 2 is 1.92 bits per heavy atom. The summed E-state index contributed by atoms with van der Waals surface area (Å²) in [4.78, 5) is 14.8. The summed E-state index contributed by atoms with van der Waals surface area (Å²) in [7, 11) is 1.65. The predicted octanol–water partition coefficient (Wildman–Crippen LogP) is 3.37. The van der Waals surface area contributed by atoms with Crippen molar-refractivity contribution in [2.45, 2.75) is 12.5 Å². The summed E-state index contributed by atoms with van der Waals surface area (Å²) in [6, 6.07) is 13.7. The van der Waals surface area contributed by atoms with Crippen molar-refractivity contribution in [3.05, 3.63) is 59.9 Å². The van der Waals surface area contributed by atoms with Gasteiger partial charge in [-0.3, -0.25) is 4.79 Å². The molecule has 0 aromatic heterocycles. The number of nitrogens with zero attached hydrogens (tertiary/aromatic N) is 1. The van der Waals surface area contributed by atoms with Crippen molar-refractivity contribution in [1.82, 2.24) is 4.90 Å². The van der Waals surface area contributed by atoms with Crippen molar-refractivity contribution >= 4 is 5.91 Å². The number of amides is 1. The molecule has 1 unspecified atom stereocenters. The molecule has 25 heavy (non-hydrogen) atoms. The summed E-state index contributed by atoms with van der Waals surface area (Å²) in [5.41, 5.74) is 1.57. The Morgan fingerprint density at radius 3 is 2.68 bits per heavy atom. The predicted molar refractivity (Wildman–Crippen MR) is 94.0 cm³/mol. The third-order valence-corrected chi connectivity index (χ3v) is 4.39. The van der Waals surface area contributed by atoms with Gasteiger partial charge in [-0.15, -0.1) is 0 Å². The molecule has 1 amide bonds. The van der Waals surface area contributed by atoms with Crippen LogP contribution in [0.5, 0.6) is 0 Å². The number of morpholine rings is 1. The molecule has 0 N–H and O–H groups in total. The Balaban J connectivity index is 1.84. The van der Waals surface area contributed by atoms with E-state index in [0.29, 0.717) is 43.0 Å². The van der Waals surface area contributed by atoms with E-state index in [1.165, 1.54) is 6.07 Å². The van der Waals surface area contributed by atoms with E-state index in [1.807, 2.05) is 6.07 Å². The van der Waals surface area contributed by atoms with Crippen LogP contribution < -0.4 is 0 Å². The summed E-state index contributed by atoms with van der Waals surface area (Å²) < 4.78 is 25.0. The number of carbonyl (C=O) groups excluding carboxylic acids is 1. The van der Waals surface area contributed by atoms with Crippen molar-refractivity contribution in [3.63, 3.8) is 0 Å². The van der Waals surface area contributed by atoms with Crippen molar-refractivity contribution in [2.75, 3.05) is 33.4 Å². The standard InChI is InChI=1S/C20H22FNO3/c1-24-12-10-15-14-22(11-13-25-15)20(23)18-8-3-2-6-16(18)17-7-4-5-9-19(17)21/h2-9,15H,10-14H2,1H3. The largest absolute Gasteiger partial charge is 0.385 e. The Kier molecular flexibility index (Phi) is 5.79. The monoisotopic (exact) mass is 343 g/mol. The van der Waals surface area contributed by atoms with E-state index in [2.05, 4.69) is 0 Å². The van der Waals surface area contributed by atoms with Gasteiger partial charge in [0.2, 0.25) is 0 Å². The van der Waals surface area contributed by atoms with Gasteiger partial charge in [-0.05, 0) is 24.1 Å². The van der Waals surface area contributed by atoms with E-state index in [9.17, 15) is 9.18 Å². The van der Waals surface area contributed by atoms with Gasteiger partial charge in [-0.1, -0.05) is 36.4 Å². The van der Waals surface area contributed by atoms with E-state index in [1.54, 1.807) is 48.4 Å². The molecule has 2 aromatic rings. The molecule has 0 aliphatic carbocycles. The van der Waals surface area contributed by atoms with Crippen molar-refractivity contribution in [3.8, 4) is 11.1 Å². The Bertz CT molecular complexity index is 734. The molecule has 2 aromatic carbocycles. The molecule has 4 nitrogen and oxygen atoms in total. The second-order valence-corrected chi connectivity index (χ2v) is 6.05. The minimum Gasteiger partial charge on any atom is -0.385 e. The fraction of sp³-hybridized carbons (Fsp3) is 0.350. The summed E-state index contributed by atoms with van der Waals surface area (Å²) in [5, 5.41) is 0. The Morgan fingerprint density at radius 1 is 1.20 bits per heavy atom. The molecule has 1 saturated heterocycles. The van der Waals surface area contributed by atoms with Gasteiger partial charge in [-0.25, -0.2) is 4.39 Å². The van der Waals surface area contributed by atoms with Crippen LogP contribution in [0, 0.1) is 5.82 Å². The van der Waals surface area contributed by atoms with Crippen LogP contribution in [0.4, 0.5) is 4.39 Å².